The number of amidine groups is 1. The van der Waals surface area contributed by atoms with Gasteiger partial charge in [0.1, 0.15) is 34.6 Å². The fraction of sp³-hybridized carbons (Fsp3) is 0.160. The monoisotopic (exact) mass is 537 g/mol. The summed E-state index contributed by atoms with van der Waals surface area (Å²) in [6, 6.07) is 10.5. The molecular weight excluding hydrogens is 516 g/mol. The van der Waals surface area contributed by atoms with E-state index in [4.69, 9.17) is 10.9 Å². The zero-order valence-corrected chi connectivity index (χ0v) is 20.7. The van der Waals surface area contributed by atoms with Gasteiger partial charge in [0.05, 0.1) is 24.4 Å². The number of nitrogens with two attached hydrogens (primary N) is 1. The van der Waals surface area contributed by atoms with Gasteiger partial charge >= 0.3 is 0 Å². The smallest absolute Gasteiger partial charge is 0.271 e. The molecule has 4 N–H and O–H groups in total. The lowest BCUT2D eigenvalue weighted by Crippen LogP contribution is -2.43. The largest absolute Gasteiger partial charge is 0.409 e. The van der Waals surface area contributed by atoms with Gasteiger partial charge in [-0.25, -0.2) is 23.4 Å². The van der Waals surface area contributed by atoms with E-state index >= 15 is 0 Å². The molecule has 194 valence electrons. The first kappa shape index (κ1) is 25.2. The Labute approximate surface area is 217 Å². The number of oxime groups is 1. The number of halogens is 2. The molecule has 0 fully saturated rings. The van der Waals surface area contributed by atoms with Crippen LogP contribution in [0.25, 0.3) is 20.7 Å². The Balaban J connectivity index is 1.58. The van der Waals surface area contributed by atoms with Crippen LogP contribution in [0.2, 0.25) is 0 Å². The number of fused-ring (bicyclic) bond motifs is 1. The van der Waals surface area contributed by atoms with Crippen LogP contribution < -0.4 is 11.3 Å². The van der Waals surface area contributed by atoms with Gasteiger partial charge in [-0.15, -0.1) is 11.3 Å². The van der Waals surface area contributed by atoms with Crippen LogP contribution in [0.3, 0.4) is 0 Å². The quantitative estimate of drug-likeness (QED) is 0.125. The van der Waals surface area contributed by atoms with E-state index in [1.165, 1.54) is 39.6 Å². The molecule has 3 heterocycles. The predicted octanol–water partition coefficient (Wildman–Crippen LogP) is 3.24. The fourth-order valence-electron chi connectivity index (χ4n) is 4.28. The molecule has 2 aromatic carbocycles. The lowest BCUT2D eigenvalue weighted by Gasteiger charge is -2.35. The molecule has 0 saturated heterocycles. The number of hydrogen-bond acceptors (Lipinski definition) is 8. The highest BCUT2D eigenvalue weighted by molar-refractivity contribution is 7.22. The summed E-state index contributed by atoms with van der Waals surface area (Å²) in [5.41, 5.74) is 4.74. The first-order chi connectivity index (χ1) is 18.2. The van der Waals surface area contributed by atoms with Gasteiger partial charge in [0.25, 0.3) is 5.56 Å². The lowest BCUT2D eigenvalue weighted by molar-refractivity contribution is -0.0343. The second kappa shape index (κ2) is 9.76. The number of hydrogen-bond donors (Lipinski definition) is 3. The second-order valence-corrected chi connectivity index (χ2v) is 9.71. The van der Waals surface area contributed by atoms with E-state index in [2.05, 4.69) is 20.2 Å². The van der Waals surface area contributed by atoms with Crippen LogP contribution in [0.15, 0.2) is 77.5 Å². The van der Waals surface area contributed by atoms with Crippen LogP contribution in [-0.4, -0.2) is 40.5 Å². The maximum absolute atomic E-state index is 14.9. The highest BCUT2D eigenvalue weighted by Crippen LogP contribution is 2.37. The molecule has 10 nitrogen and oxygen atoms in total. The highest BCUT2D eigenvalue weighted by atomic mass is 32.1. The predicted molar refractivity (Wildman–Crippen MR) is 137 cm³/mol. The third-order valence-electron chi connectivity index (χ3n) is 6.41. The van der Waals surface area contributed by atoms with E-state index in [9.17, 15) is 18.7 Å². The van der Waals surface area contributed by atoms with Gasteiger partial charge in [-0.2, -0.15) is 5.10 Å². The molecule has 3 aromatic heterocycles. The number of aromatic nitrogens is 5. The van der Waals surface area contributed by atoms with Gasteiger partial charge < -0.3 is 16.0 Å². The minimum absolute atomic E-state index is 0.0256. The van der Waals surface area contributed by atoms with E-state index in [0.717, 1.165) is 22.6 Å². The molecule has 13 heteroatoms. The van der Waals surface area contributed by atoms with Crippen molar-refractivity contribution in [3.8, 4) is 10.4 Å². The number of thiophene rings is 1. The van der Waals surface area contributed by atoms with Crippen LogP contribution in [0.5, 0.6) is 0 Å². The average molecular weight is 538 g/mol. The van der Waals surface area contributed by atoms with Crippen molar-refractivity contribution < 1.29 is 19.1 Å². The minimum Gasteiger partial charge on any atom is -0.409 e. The first-order valence-corrected chi connectivity index (χ1v) is 12.1. The number of benzene rings is 2. The third kappa shape index (κ3) is 4.41. The molecule has 0 unspecified atom stereocenters. The van der Waals surface area contributed by atoms with Crippen molar-refractivity contribution in [3.63, 3.8) is 0 Å². The maximum Gasteiger partial charge on any atom is 0.271 e. The molecule has 2 atom stereocenters. The topological polar surface area (TPSA) is 144 Å². The summed E-state index contributed by atoms with van der Waals surface area (Å²) >= 11 is 1.21. The van der Waals surface area contributed by atoms with E-state index in [0.29, 0.717) is 21.8 Å². The summed E-state index contributed by atoms with van der Waals surface area (Å²) in [7, 11) is 0. The molecule has 0 bridgehead atoms. The van der Waals surface area contributed by atoms with Crippen molar-refractivity contribution in [1.29, 1.82) is 0 Å². The second-order valence-electron chi connectivity index (χ2n) is 8.66. The molecule has 0 aliphatic heterocycles. The van der Waals surface area contributed by atoms with Crippen molar-refractivity contribution in [2.45, 2.75) is 25.1 Å². The number of nitrogens with zero attached hydrogens (tertiary/aromatic N) is 6. The fourth-order valence-corrected chi connectivity index (χ4v) is 5.33. The summed E-state index contributed by atoms with van der Waals surface area (Å²) < 4.78 is 31.4. The van der Waals surface area contributed by atoms with Crippen LogP contribution in [0, 0.1) is 11.6 Å². The summed E-state index contributed by atoms with van der Waals surface area (Å²) in [4.78, 5) is 22.6. The van der Waals surface area contributed by atoms with E-state index < -0.39 is 28.8 Å². The van der Waals surface area contributed by atoms with E-state index in [1.54, 1.807) is 37.3 Å². The molecule has 0 radical (unpaired) electrons. The van der Waals surface area contributed by atoms with Crippen molar-refractivity contribution in [2.75, 3.05) is 0 Å². The summed E-state index contributed by atoms with van der Waals surface area (Å²) in [5.74, 6) is -1.79. The van der Waals surface area contributed by atoms with Crippen LogP contribution in [0.4, 0.5) is 8.78 Å². The summed E-state index contributed by atoms with van der Waals surface area (Å²) in [5, 5.41) is 27.7. The molecule has 0 aliphatic rings. The van der Waals surface area contributed by atoms with E-state index in [1.807, 2.05) is 0 Å². The molecule has 5 rings (SSSR count). The molecule has 0 spiro atoms. The zero-order chi connectivity index (χ0) is 27.0. The molecule has 38 heavy (non-hydrogen) atoms. The normalized spacial score (nSPS) is 14.5. The van der Waals surface area contributed by atoms with Gasteiger partial charge in [-0.1, -0.05) is 35.5 Å². The van der Waals surface area contributed by atoms with Gasteiger partial charge in [0.2, 0.25) is 0 Å². The molecule has 0 saturated carbocycles. The Morgan fingerprint density at radius 3 is 2.61 bits per heavy atom. The van der Waals surface area contributed by atoms with E-state index in [-0.39, 0.29) is 17.9 Å². The number of aliphatic hydroxyl groups is 1. The van der Waals surface area contributed by atoms with Crippen molar-refractivity contribution in [2.24, 2.45) is 10.9 Å². The van der Waals surface area contributed by atoms with Gasteiger partial charge in [-0.05, 0) is 24.6 Å². The average Bonchev–Trinajstić information content (AvgIpc) is 3.58. The van der Waals surface area contributed by atoms with Gasteiger partial charge in [0, 0.05) is 22.1 Å². The highest BCUT2D eigenvalue weighted by Gasteiger charge is 2.41. The van der Waals surface area contributed by atoms with Crippen molar-refractivity contribution in [1.82, 2.24) is 24.3 Å². The van der Waals surface area contributed by atoms with Crippen molar-refractivity contribution >= 4 is 27.4 Å². The Morgan fingerprint density at radius 2 is 1.95 bits per heavy atom. The van der Waals surface area contributed by atoms with Crippen LogP contribution in [0.1, 0.15) is 24.1 Å². The first-order valence-electron chi connectivity index (χ1n) is 11.3. The molecule has 0 aliphatic carbocycles. The Morgan fingerprint density at radius 1 is 1.18 bits per heavy atom. The summed E-state index contributed by atoms with van der Waals surface area (Å²) in [6.07, 6.45) is 3.90. The van der Waals surface area contributed by atoms with Gasteiger partial charge in [0.15, 0.2) is 5.84 Å². The van der Waals surface area contributed by atoms with Gasteiger partial charge in [-0.3, -0.25) is 9.36 Å². The molecule has 0 amide bonds. The Hall–Kier alpha value is -4.49. The number of rotatable bonds is 7. The minimum atomic E-state index is -2.02. The Kier molecular flexibility index (Phi) is 6.46. The molecular formula is C25H21F2N7O3S. The van der Waals surface area contributed by atoms with Crippen molar-refractivity contribution in [3.05, 3.63) is 101 Å². The van der Waals surface area contributed by atoms with Crippen LogP contribution in [-0.2, 0) is 12.1 Å². The standard InChI is InChI=1S/C25H21F2N7O3S/c1-14(25(36,10-33-12-29-11-31-33)18-7-6-17(26)8-19(18)27)34-13-30-20-9-21(38-22(20)24(34)35)15-2-4-16(5-3-15)23(28)32-37/h2-9,11-14,36-37H,10H2,1H3,(H2,28,32)/t14-,25-/m1/s1. The van der Waals surface area contributed by atoms with Crippen LogP contribution >= 0.6 is 11.3 Å². The maximum atomic E-state index is 14.9. The Bertz CT molecular complexity index is 1700. The third-order valence-corrected chi connectivity index (χ3v) is 7.57. The zero-order valence-electron chi connectivity index (χ0n) is 19.9. The summed E-state index contributed by atoms with van der Waals surface area (Å²) in [6.45, 7) is 1.29. The molecule has 5 aromatic rings. The SMILES string of the molecule is C[C@@H](n1cnc2cc(-c3ccc(/C(N)=N\O)cc3)sc2c1=O)[C@](O)(Cn1cncn1)c1ccc(F)cc1F. The lowest BCUT2D eigenvalue weighted by atomic mass is 9.86.